The van der Waals surface area contributed by atoms with Gasteiger partial charge in [0.25, 0.3) is 5.91 Å². The third-order valence-corrected chi connectivity index (χ3v) is 4.81. The first-order valence-corrected chi connectivity index (χ1v) is 9.28. The van der Waals surface area contributed by atoms with Crippen LogP contribution in [-0.2, 0) is 11.8 Å². The third kappa shape index (κ3) is 5.08. The minimum absolute atomic E-state index is 0.139. The number of halogens is 1. The highest BCUT2D eigenvalue weighted by atomic mass is 35.5. The van der Waals surface area contributed by atoms with Gasteiger partial charge in [-0.15, -0.1) is 10.2 Å². The summed E-state index contributed by atoms with van der Waals surface area (Å²) in [6.45, 7) is 0. The average molecular weight is 402 g/mol. The van der Waals surface area contributed by atoms with Crippen molar-refractivity contribution in [2.45, 2.75) is 5.16 Å². The molecule has 1 amide bonds. The van der Waals surface area contributed by atoms with Crippen molar-refractivity contribution in [3.05, 3.63) is 59.1 Å². The number of phenols is 1. The molecule has 0 aliphatic heterocycles. The summed E-state index contributed by atoms with van der Waals surface area (Å²) in [5.41, 5.74) is 4.02. The maximum absolute atomic E-state index is 11.9. The fourth-order valence-corrected chi connectivity index (χ4v) is 3.07. The average Bonchev–Trinajstić information content (AvgIpc) is 3.01. The van der Waals surface area contributed by atoms with Crippen molar-refractivity contribution in [3.63, 3.8) is 0 Å². The predicted molar refractivity (Wildman–Crippen MR) is 106 cm³/mol. The Morgan fingerprint density at radius 2 is 2.07 bits per heavy atom. The van der Waals surface area contributed by atoms with Crippen molar-refractivity contribution in [2.75, 3.05) is 5.75 Å². The molecule has 0 unspecified atom stereocenters. The van der Waals surface area contributed by atoms with Crippen molar-refractivity contribution in [1.82, 2.24) is 20.2 Å². The first kappa shape index (κ1) is 18.9. The van der Waals surface area contributed by atoms with Gasteiger partial charge in [-0.05, 0) is 42.0 Å². The van der Waals surface area contributed by atoms with Crippen molar-refractivity contribution >= 4 is 35.5 Å². The molecule has 0 atom stereocenters. The Kier molecular flexibility index (Phi) is 6.10. The monoisotopic (exact) mass is 401 g/mol. The normalized spacial score (nSPS) is 11.0. The van der Waals surface area contributed by atoms with Crippen LogP contribution in [0.1, 0.15) is 5.56 Å². The van der Waals surface area contributed by atoms with Gasteiger partial charge in [0, 0.05) is 17.6 Å². The smallest absolute Gasteiger partial charge is 0.250 e. The lowest BCUT2D eigenvalue weighted by Crippen LogP contribution is -2.19. The minimum Gasteiger partial charge on any atom is -0.508 e. The molecule has 27 heavy (non-hydrogen) atoms. The molecule has 0 saturated heterocycles. The fraction of sp³-hybridized carbons (Fsp3) is 0.111. The zero-order valence-electron chi connectivity index (χ0n) is 14.3. The first-order valence-electron chi connectivity index (χ1n) is 7.92. The maximum Gasteiger partial charge on any atom is 0.250 e. The number of hydrazone groups is 1. The number of hydrogen-bond donors (Lipinski definition) is 2. The molecule has 0 aliphatic carbocycles. The molecule has 0 bridgehead atoms. The predicted octanol–water partition coefficient (Wildman–Crippen LogP) is 3.08. The van der Waals surface area contributed by atoms with Crippen LogP contribution in [0.3, 0.4) is 0 Å². The van der Waals surface area contributed by atoms with Crippen molar-refractivity contribution in [1.29, 1.82) is 0 Å². The van der Waals surface area contributed by atoms with E-state index in [9.17, 15) is 9.90 Å². The molecule has 2 N–H and O–H groups in total. The van der Waals surface area contributed by atoms with Gasteiger partial charge >= 0.3 is 0 Å². The summed E-state index contributed by atoms with van der Waals surface area (Å²) in [7, 11) is 1.84. The molecule has 138 valence electrons. The molecule has 3 rings (SSSR count). The largest absolute Gasteiger partial charge is 0.508 e. The number of nitrogens with one attached hydrogen (secondary N) is 1. The molecule has 3 aromatic rings. The van der Waals surface area contributed by atoms with Crippen LogP contribution in [0.4, 0.5) is 0 Å². The molecule has 0 aliphatic rings. The molecular weight excluding hydrogens is 386 g/mol. The molecule has 7 nitrogen and oxygen atoms in total. The van der Waals surface area contributed by atoms with E-state index in [2.05, 4.69) is 20.7 Å². The second-order valence-corrected chi connectivity index (χ2v) is 6.93. The van der Waals surface area contributed by atoms with Gasteiger partial charge < -0.3 is 9.67 Å². The van der Waals surface area contributed by atoms with Crippen LogP contribution < -0.4 is 5.43 Å². The second-order valence-electron chi connectivity index (χ2n) is 5.55. The number of hydrogen-bond acceptors (Lipinski definition) is 6. The quantitative estimate of drug-likeness (QED) is 0.376. The molecule has 1 heterocycles. The summed E-state index contributed by atoms with van der Waals surface area (Å²) in [5, 5.41) is 22.8. The van der Waals surface area contributed by atoms with E-state index in [0.29, 0.717) is 21.6 Å². The van der Waals surface area contributed by atoms with Gasteiger partial charge in [-0.1, -0.05) is 35.5 Å². The van der Waals surface area contributed by atoms with Crippen molar-refractivity contribution in [3.8, 4) is 17.1 Å². The number of rotatable bonds is 6. The second kappa shape index (κ2) is 8.70. The molecule has 0 radical (unpaired) electrons. The van der Waals surface area contributed by atoms with Crippen molar-refractivity contribution in [2.24, 2.45) is 12.1 Å². The Balaban J connectivity index is 1.55. The van der Waals surface area contributed by atoms with Crippen LogP contribution >= 0.6 is 23.4 Å². The maximum atomic E-state index is 11.9. The Hall–Kier alpha value is -2.84. The van der Waals surface area contributed by atoms with Gasteiger partial charge in [-0.2, -0.15) is 5.10 Å². The summed E-state index contributed by atoms with van der Waals surface area (Å²) < 4.78 is 1.82. The number of amides is 1. The summed E-state index contributed by atoms with van der Waals surface area (Å²) >= 11 is 7.16. The Labute approximate surface area is 165 Å². The summed E-state index contributed by atoms with van der Waals surface area (Å²) in [5.74, 6) is 0.702. The lowest BCUT2D eigenvalue weighted by molar-refractivity contribution is -0.118. The van der Waals surface area contributed by atoms with Gasteiger partial charge in [-0.25, -0.2) is 5.43 Å². The SMILES string of the molecule is Cn1c(SCC(=O)NN=Cc2cccc(O)c2)nnc1-c1ccc(Cl)cc1. The highest BCUT2D eigenvalue weighted by molar-refractivity contribution is 7.99. The van der Waals surface area contributed by atoms with Gasteiger partial charge in [-0.3, -0.25) is 4.79 Å². The molecule has 0 fully saturated rings. The van der Waals surface area contributed by atoms with Crippen LogP contribution in [0.25, 0.3) is 11.4 Å². The molecule has 1 aromatic heterocycles. The van der Waals surface area contributed by atoms with Gasteiger partial charge in [0.15, 0.2) is 11.0 Å². The van der Waals surface area contributed by atoms with E-state index in [0.717, 1.165) is 5.56 Å². The van der Waals surface area contributed by atoms with E-state index in [4.69, 9.17) is 11.6 Å². The lowest BCUT2D eigenvalue weighted by atomic mass is 10.2. The Morgan fingerprint density at radius 1 is 1.30 bits per heavy atom. The number of nitrogens with zero attached hydrogens (tertiary/aromatic N) is 4. The van der Waals surface area contributed by atoms with Crippen molar-refractivity contribution < 1.29 is 9.90 Å². The lowest BCUT2D eigenvalue weighted by Gasteiger charge is -2.04. The van der Waals surface area contributed by atoms with Crippen LogP contribution in [0.5, 0.6) is 5.75 Å². The highest BCUT2D eigenvalue weighted by Crippen LogP contribution is 2.23. The van der Waals surface area contributed by atoms with E-state index in [-0.39, 0.29) is 17.4 Å². The Morgan fingerprint density at radius 3 is 2.81 bits per heavy atom. The van der Waals surface area contributed by atoms with E-state index in [1.54, 1.807) is 36.4 Å². The number of carbonyl (C=O) groups excluding carboxylic acids is 1. The highest BCUT2D eigenvalue weighted by Gasteiger charge is 2.12. The molecular formula is C18H16ClN5O2S. The van der Waals surface area contributed by atoms with E-state index in [1.165, 1.54) is 18.0 Å². The van der Waals surface area contributed by atoms with Crippen LogP contribution in [-0.4, -0.2) is 37.7 Å². The molecule has 9 heteroatoms. The van der Waals surface area contributed by atoms with E-state index < -0.39 is 0 Å². The standard InChI is InChI=1S/C18H16ClN5O2S/c1-24-17(13-5-7-14(19)8-6-13)22-23-18(24)27-11-16(26)21-20-10-12-3-2-4-15(25)9-12/h2-10,25H,11H2,1H3,(H,21,26). The Bertz CT molecular complexity index is 972. The van der Waals surface area contributed by atoms with Gasteiger partial charge in [0.1, 0.15) is 5.75 Å². The zero-order chi connectivity index (χ0) is 19.2. The number of carbonyl (C=O) groups is 1. The number of aromatic hydroxyl groups is 1. The zero-order valence-corrected chi connectivity index (χ0v) is 15.9. The summed E-state index contributed by atoms with van der Waals surface area (Å²) in [6.07, 6.45) is 1.46. The molecule has 0 spiro atoms. The number of benzene rings is 2. The number of phenolic OH excluding ortho intramolecular Hbond substituents is 1. The first-order chi connectivity index (χ1) is 13.0. The van der Waals surface area contributed by atoms with Gasteiger partial charge in [0.05, 0.1) is 12.0 Å². The van der Waals surface area contributed by atoms with Crippen LogP contribution in [0.15, 0.2) is 58.8 Å². The van der Waals surface area contributed by atoms with Crippen LogP contribution in [0, 0.1) is 0 Å². The van der Waals surface area contributed by atoms with Gasteiger partial charge in [0.2, 0.25) is 0 Å². The van der Waals surface area contributed by atoms with E-state index in [1.807, 2.05) is 23.7 Å². The van der Waals surface area contributed by atoms with Crippen LogP contribution in [0.2, 0.25) is 5.02 Å². The van der Waals surface area contributed by atoms with E-state index >= 15 is 0 Å². The number of thioether (sulfide) groups is 1. The number of aromatic nitrogens is 3. The molecule has 2 aromatic carbocycles. The summed E-state index contributed by atoms with van der Waals surface area (Å²) in [4.78, 5) is 11.9. The molecule has 0 saturated carbocycles. The fourth-order valence-electron chi connectivity index (χ4n) is 2.24. The minimum atomic E-state index is -0.271. The third-order valence-electron chi connectivity index (χ3n) is 3.54. The topological polar surface area (TPSA) is 92.4 Å². The summed E-state index contributed by atoms with van der Waals surface area (Å²) in [6, 6.07) is 13.9.